The van der Waals surface area contributed by atoms with Crippen molar-refractivity contribution in [2.45, 2.75) is 18.6 Å². The van der Waals surface area contributed by atoms with Gasteiger partial charge in [-0.15, -0.1) is 0 Å². The van der Waals surface area contributed by atoms with Crippen LogP contribution in [0, 0.1) is 0 Å². The van der Waals surface area contributed by atoms with Crippen LogP contribution in [0.15, 0.2) is 157 Å². The summed E-state index contributed by atoms with van der Waals surface area (Å²) >= 11 is 0. The van der Waals surface area contributed by atoms with Crippen molar-refractivity contribution < 1.29 is 9.47 Å². The van der Waals surface area contributed by atoms with Crippen molar-refractivity contribution in [3.63, 3.8) is 0 Å². The first kappa shape index (κ1) is 27.8. The van der Waals surface area contributed by atoms with Gasteiger partial charge in [-0.2, -0.15) is 0 Å². The minimum Gasteiger partial charge on any atom is -0.482 e. The molecule has 218 valence electrons. The van der Waals surface area contributed by atoms with Crippen LogP contribution in [0.5, 0.6) is 11.0 Å². The zero-order valence-corrected chi connectivity index (χ0v) is 26.7. The highest BCUT2D eigenvalue weighted by atomic mass is 31.0. The number of ether oxygens (including phenoxy) is 2. The first-order valence-corrected chi connectivity index (χ1v) is 17.5. The van der Waals surface area contributed by atoms with E-state index in [1.807, 2.05) is 0 Å². The molecule has 1 aliphatic carbocycles. The topological polar surface area (TPSA) is 18.5 Å². The van der Waals surface area contributed by atoms with Crippen molar-refractivity contribution in [2.75, 3.05) is 0 Å². The van der Waals surface area contributed by atoms with Crippen LogP contribution >= 0.6 is 16.4 Å². The fourth-order valence-electron chi connectivity index (χ4n) is 6.51. The second-order valence-corrected chi connectivity index (χ2v) is 13.4. The van der Waals surface area contributed by atoms with Gasteiger partial charge in [-0.25, -0.2) is 0 Å². The molecule has 2 unspecified atom stereocenters. The van der Waals surface area contributed by atoms with E-state index in [-0.39, 0.29) is 12.2 Å². The van der Waals surface area contributed by atoms with E-state index in [9.17, 15) is 0 Å². The largest absolute Gasteiger partial charge is 0.482 e. The van der Waals surface area contributed by atoms with E-state index in [4.69, 9.17) is 9.47 Å². The van der Waals surface area contributed by atoms with Crippen molar-refractivity contribution in [1.29, 1.82) is 0 Å². The number of benzene rings is 5. The Kier molecular flexibility index (Phi) is 7.62. The molecule has 45 heavy (non-hydrogen) atoms. The van der Waals surface area contributed by atoms with Gasteiger partial charge in [0.1, 0.15) is 17.1 Å². The van der Waals surface area contributed by atoms with Crippen molar-refractivity contribution in [3.8, 4) is 55.5 Å². The molecular formula is C41H32O2P2. The summed E-state index contributed by atoms with van der Waals surface area (Å²) in [7, 11) is 0.895. The van der Waals surface area contributed by atoms with E-state index in [1.165, 1.54) is 55.6 Å². The molecule has 4 heteroatoms. The third kappa shape index (κ3) is 5.42. The van der Waals surface area contributed by atoms with Crippen LogP contribution in [0.4, 0.5) is 0 Å². The molecular weight excluding hydrogens is 586 g/mol. The molecule has 0 fully saturated rings. The van der Waals surface area contributed by atoms with Crippen LogP contribution in [-0.4, -0.2) is 6.10 Å². The molecule has 2 aromatic heterocycles. The molecule has 0 bridgehead atoms. The Morgan fingerprint density at radius 3 is 1.38 bits per heavy atom. The monoisotopic (exact) mass is 618 g/mol. The van der Waals surface area contributed by atoms with E-state index in [0.717, 1.165) is 17.4 Å². The Morgan fingerprint density at radius 2 is 0.867 bits per heavy atom. The molecule has 0 N–H and O–H groups in total. The molecule has 0 spiro atoms. The minimum atomic E-state index is -0.207. The summed E-state index contributed by atoms with van der Waals surface area (Å²) in [6, 6.07) is 51.4. The van der Waals surface area contributed by atoms with Crippen LogP contribution in [0.1, 0.15) is 17.2 Å². The van der Waals surface area contributed by atoms with E-state index in [0.29, 0.717) is 16.4 Å². The molecule has 0 aliphatic heterocycles. The zero-order valence-electron chi connectivity index (χ0n) is 24.7. The maximum Gasteiger partial charge on any atom is 0.161 e. The third-order valence-electron chi connectivity index (χ3n) is 8.62. The summed E-state index contributed by atoms with van der Waals surface area (Å²) in [5.74, 6) is 4.68. The smallest absolute Gasteiger partial charge is 0.161 e. The highest BCUT2D eigenvalue weighted by Crippen LogP contribution is 2.52. The Hall–Kier alpha value is -4.74. The second kappa shape index (κ2) is 12.3. The van der Waals surface area contributed by atoms with Gasteiger partial charge < -0.3 is 9.47 Å². The van der Waals surface area contributed by atoms with Crippen LogP contribution in [0.25, 0.3) is 44.5 Å². The number of hydrogen-bond donors (Lipinski definition) is 0. The molecule has 2 nitrogen and oxygen atoms in total. The lowest BCUT2D eigenvalue weighted by Crippen LogP contribution is -2.25. The Morgan fingerprint density at radius 1 is 0.444 bits per heavy atom. The molecule has 0 saturated carbocycles. The quantitative estimate of drug-likeness (QED) is 0.169. The molecule has 7 aromatic rings. The van der Waals surface area contributed by atoms with Gasteiger partial charge in [-0.1, -0.05) is 162 Å². The number of hydrogen-bond acceptors (Lipinski definition) is 2. The highest BCUT2D eigenvalue weighted by molar-refractivity contribution is 7.33. The van der Waals surface area contributed by atoms with Crippen molar-refractivity contribution in [2.24, 2.45) is 0 Å². The summed E-state index contributed by atoms with van der Waals surface area (Å²) in [5, 5.41) is 0. The Balaban J connectivity index is 1.20. The van der Waals surface area contributed by atoms with E-state index in [2.05, 4.69) is 157 Å². The van der Waals surface area contributed by atoms with Gasteiger partial charge in [-0.3, -0.25) is 0 Å². The number of rotatable bonds is 8. The highest BCUT2D eigenvalue weighted by Gasteiger charge is 2.37. The van der Waals surface area contributed by atoms with Gasteiger partial charge in [0.2, 0.25) is 0 Å². The molecule has 4 atom stereocenters. The predicted molar refractivity (Wildman–Crippen MR) is 192 cm³/mol. The summed E-state index contributed by atoms with van der Waals surface area (Å²) in [6.07, 6.45) is 0.469. The second-order valence-electron chi connectivity index (χ2n) is 11.4. The molecule has 1 aliphatic rings. The summed E-state index contributed by atoms with van der Waals surface area (Å²) < 4.78 is 14.3. The van der Waals surface area contributed by atoms with Crippen molar-refractivity contribution in [3.05, 3.63) is 168 Å². The summed E-state index contributed by atoms with van der Waals surface area (Å²) in [4.78, 5) is 0. The zero-order chi connectivity index (χ0) is 30.0. The van der Waals surface area contributed by atoms with Gasteiger partial charge in [0.15, 0.2) is 6.10 Å². The van der Waals surface area contributed by atoms with Crippen LogP contribution in [0.2, 0.25) is 0 Å². The molecule has 5 aromatic carbocycles. The number of fused-ring (bicyclic) bond motifs is 1. The van der Waals surface area contributed by atoms with E-state index >= 15 is 0 Å². The van der Waals surface area contributed by atoms with E-state index in [1.54, 1.807) is 0 Å². The maximum absolute atomic E-state index is 7.17. The fourth-order valence-corrected chi connectivity index (χ4v) is 8.95. The molecule has 0 amide bonds. The Labute approximate surface area is 267 Å². The lowest BCUT2D eigenvalue weighted by atomic mass is 9.98. The average Bonchev–Trinajstić information content (AvgIpc) is 3.82. The normalized spacial score (nSPS) is 15.8. The van der Waals surface area contributed by atoms with E-state index < -0.39 is 0 Å². The average molecular weight is 619 g/mol. The van der Waals surface area contributed by atoms with Crippen LogP contribution in [-0.2, 0) is 6.42 Å². The van der Waals surface area contributed by atoms with Crippen LogP contribution in [0.3, 0.4) is 0 Å². The SMILES string of the molecule is c1ccc(-c2c[pH]c(O[C@@H]3c4ccccc4C[C@H]3Oc3[pH]cc(-c4ccccc4)c3-c3ccccc3)c2-c2ccccc2)cc1. The summed E-state index contributed by atoms with van der Waals surface area (Å²) in [6.45, 7) is 0. The first-order chi connectivity index (χ1) is 22.3. The maximum atomic E-state index is 7.17. The summed E-state index contributed by atoms with van der Waals surface area (Å²) in [5.41, 5.74) is 14.2. The third-order valence-corrected chi connectivity index (χ3v) is 10.7. The van der Waals surface area contributed by atoms with Gasteiger partial charge >= 0.3 is 0 Å². The Bertz CT molecular complexity index is 2030. The van der Waals surface area contributed by atoms with Crippen molar-refractivity contribution in [1.82, 2.24) is 0 Å². The molecule has 0 saturated heterocycles. The fraction of sp³-hybridized carbons (Fsp3) is 0.0732. The standard InChI is InChI=1S/C41H32O2P2/c1-5-15-28(16-6-1)34-26-44-40(37(34)30-19-9-3-10-20-30)42-36-25-32-23-13-14-24-33(32)39(36)43-41-38(31-21-11-4-12-22-31)35(27-45-41)29-17-7-2-8-18-29/h1-24,26-27,36,39,44-45H,25H2/t36-,39-/m1/s1. The van der Waals surface area contributed by atoms with Gasteiger partial charge in [0.05, 0.1) is 0 Å². The lowest BCUT2D eigenvalue weighted by molar-refractivity contribution is 0.0737. The predicted octanol–water partition coefficient (Wildman–Crippen LogP) is 11.5. The van der Waals surface area contributed by atoms with Crippen molar-refractivity contribution >= 4 is 16.4 Å². The minimum absolute atomic E-state index is 0.137. The van der Waals surface area contributed by atoms with Gasteiger partial charge in [0, 0.05) is 17.5 Å². The van der Waals surface area contributed by atoms with Crippen LogP contribution < -0.4 is 9.47 Å². The molecule has 2 heterocycles. The van der Waals surface area contributed by atoms with Gasteiger partial charge in [-0.05, 0) is 56.1 Å². The first-order valence-electron chi connectivity index (χ1n) is 15.4. The lowest BCUT2D eigenvalue weighted by Gasteiger charge is -2.24. The van der Waals surface area contributed by atoms with Gasteiger partial charge in [0.25, 0.3) is 0 Å². The molecule has 0 radical (unpaired) electrons. The molecule has 8 rings (SSSR count).